The number of anilines is 1. The second kappa shape index (κ2) is 6.60. The molecule has 1 fully saturated rings. The van der Waals surface area contributed by atoms with Gasteiger partial charge in [-0.1, -0.05) is 12.1 Å². The number of hydrogen-bond acceptors (Lipinski definition) is 6. The number of amides is 1. The lowest BCUT2D eigenvalue weighted by Crippen LogP contribution is -2.36. The standard InChI is InChI=1S/C14H21N3O4/c1-3-6-17(7-10-4-5-10)11(18)8-20-14(19)12-9(2)16-21-13(12)15/h10H,3-8,15H2,1-2H3. The zero-order valence-electron chi connectivity index (χ0n) is 12.4. The molecular weight excluding hydrogens is 274 g/mol. The Morgan fingerprint density at radius 2 is 2.19 bits per heavy atom. The molecule has 1 aliphatic rings. The summed E-state index contributed by atoms with van der Waals surface area (Å²) in [6.45, 7) is 4.75. The average Bonchev–Trinajstić information content (AvgIpc) is 3.20. The van der Waals surface area contributed by atoms with E-state index < -0.39 is 5.97 Å². The minimum Gasteiger partial charge on any atom is -0.452 e. The number of hydrogen-bond donors (Lipinski definition) is 1. The number of aryl methyl sites for hydroxylation is 1. The lowest BCUT2D eigenvalue weighted by molar-refractivity contribution is -0.134. The first-order valence-electron chi connectivity index (χ1n) is 7.19. The molecule has 0 radical (unpaired) electrons. The fourth-order valence-electron chi connectivity index (χ4n) is 2.13. The predicted molar refractivity (Wildman–Crippen MR) is 75.5 cm³/mol. The molecule has 0 aliphatic heterocycles. The third kappa shape index (κ3) is 3.96. The van der Waals surface area contributed by atoms with Gasteiger partial charge in [0.2, 0.25) is 5.88 Å². The van der Waals surface area contributed by atoms with Crippen LogP contribution in [-0.2, 0) is 9.53 Å². The molecule has 1 heterocycles. The van der Waals surface area contributed by atoms with Crippen LogP contribution in [0.25, 0.3) is 0 Å². The van der Waals surface area contributed by atoms with Crippen molar-refractivity contribution in [2.75, 3.05) is 25.4 Å². The Hall–Kier alpha value is -2.05. The van der Waals surface area contributed by atoms with Gasteiger partial charge in [-0.3, -0.25) is 4.79 Å². The minimum atomic E-state index is -0.678. The van der Waals surface area contributed by atoms with Gasteiger partial charge >= 0.3 is 5.97 Å². The molecule has 1 aliphatic carbocycles. The molecule has 7 nitrogen and oxygen atoms in total. The van der Waals surface area contributed by atoms with E-state index in [2.05, 4.69) is 5.16 Å². The number of aromatic nitrogens is 1. The maximum Gasteiger partial charge on any atom is 0.346 e. The van der Waals surface area contributed by atoms with Crippen molar-refractivity contribution < 1.29 is 18.8 Å². The average molecular weight is 295 g/mol. The van der Waals surface area contributed by atoms with E-state index in [4.69, 9.17) is 15.0 Å². The SMILES string of the molecule is CCCN(CC1CC1)C(=O)COC(=O)c1c(C)noc1N. The van der Waals surface area contributed by atoms with E-state index in [-0.39, 0.29) is 24.0 Å². The van der Waals surface area contributed by atoms with Crippen molar-refractivity contribution in [2.24, 2.45) is 5.92 Å². The van der Waals surface area contributed by atoms with Crippen molar-refractivity contribution in [1.82, 2.24) is 10.1 Å². The summed E-state index contributed by atoms with van der Waals surface area (Å²) in [6, 6.07) is 0. The zero-order valence-corrected chi connectivity index (χ0v) is 12.4. The number of carbonyl (C=O) groups is 2. The number of nitrogen functional groups attached to an aromatic ring is 1. The summed E-state index contributed by atoms with van der Waals surface area (Å²) in [5.41, 5.74) is 5.95. The molecule has 21 heavy (non-hydrogen) atoms. The summed E-state index contributed by atoms with van der Waals surface area (Å²) in [4.78, 5) is 25.8. The Morgan fingerprint density at radius 1 is 1.48 bits per heavy atom. The van der Waals surface area contributed by atoms with Crippen LogP contribution in [0, 0.1) is 12.8 Å². The molecule has 1 aromatic heterocycles. The van der Waals surface area contributed by atoms with E-state index in [1.807, 2.05) is 6.92 Å². The van der Waals surface area contributed by atoms with Gasteiger partial charge in [0, 0.05) is 13.1 Å². The largest absolute Gasteiger partial charge is 0.452 e. The highest BCUT2D eigenvalue weighted by Crippen LogP contribution is 2.29. The predicted octanol–water partition coefficient (Wildman–Crippen LogP) is 1.37. The van der Waals surface area contributed by atoms with Crippen molar-refractivity contribution in [2.45, 2.75) is 33.1 Å². The van der Waals surface area contributed by atoms with Crippen molar-refractivity contribution in [3.05, 3.63) is 11.3 Å². The van der Waals surface area contributed by atoms with Gasteiger partial charge in [0.15, 0.2) is 6.61 Å². The Labute approximate surface area is 123 Å². The number of rotatable bonds is 7. The quantitative estimate of drug-likeness (QED) is 0.763. The Balaban J connectivity index is 1.88. The third-order valence-corrected chi connectivity index (χ3v) is 3.44. The van der Waals surface area contributed by atoms with E-state index in [1.54, 1.807) is 11.8 Å². The summed E-state index contributed by atoms with van der Waals surface area (Å²) >= 11 is 0. The van der Waals surface area contributed by atoms with Crippen molar-refractivity contribution in [1.29, 1.82) is 0 Å². The Morgan fingerprint density at radius 3 is 2.71 bits per heavy atom. The molecule has 7 heteroatoms. The number of nitrogens with zero attached hydrogens (tertiary/aromatic N) is 2. The van der Waals surface area contributed by atoms with Gasteiger partial charge in [0.1, 0.15) is 5.56 Å². The lowest BCUT2D eigenvalue weighted by Gasteiger charge is -2.21. The highest BCUT2D eigenvalue weighted by atomic mass is 16.5. The first kappa shape index (κ1) is 15.3. The second-order valence-electron chi connectivity index (χ2n) is 5.37. The normalized spacial score (nSPS) is 14.0. The van der Waals surface area contributed by atoms with Crippen molar-refractivity contribution >= 4 is 17.8 Å². The third-order valence-electron chi connectivity index (χ3n) is 3.44. The van der Waals surface area contributed by atoms with Crippen LogP contribution in [-0.4, -0.2) is 41.6 Å². The van der Waals surface area contributed by atoms with Crippen LogP contribution in [0.3, 0.4) is 0 Å². The zero-order chi connectivity index (χ0) is 15.4. The van der Waals surface area contributed by atoms with Gasteiger partial charge in [0.25, 0.3) is 5.91 Å². The number of esters is 1. The summed E-state index contributed by atoms with van der Waals surface area (Å²) in [5.74, 6) is -0.340. The maximum absolute atomic E-state index is 12.1. The maximum atomic E-state index is 12.1. The van der Waals surface area contributed by atoms with Gasteiger partial charge in [-0.05, 0) is 32.1 Å². The molecule has 2 rings (SSSR count). The molecule has 2 N–H and O–H groups in total. The van der Waals surface area contributed by atoms with Crippen LogP contribution in [0.15, 0.2) is 4.52 Å². The molecule has 1 amide bonds. The molecule has 0 saturated heterocycles. The second-order valence-corrected chi connectivity index (χ2v) is 5.37. The lowest BCUT2D eigenvalue weighted by atomic mass is 10.2. The molecule has 0 spiro atoms. The van der Waals surface area contributed by atoms with E-state index in [0.29, 0.717) is 18.2 Å². The van der Waals surface area contributed by atoms with Crippen LogP contribution in [0.1, 0.15) is 42.2 Å². The molecule has 116 valence electrons. The molecule has 1 aromatic rings. The van der Waals surface area contributed by atoms with Gasteiger partial charge in [-0.15, -0.1) is 0 Å². The minimum absolute atomic E-state index is 0.0895. The smallest absolute Gasteiger partial charge is 0.346 e. The summed E-state index contributed by atoms with van der Waals surface area (Å²) in [7, 11) is 0. The van der Waals surface area contributed by atoms with E-state index in [1.165, 1.54) is 12.8 Å². The molecular formula is C14H21N3O4. The van der Waals surface area contributed by atoms with Crippen LogP contribution in [0.4, 0.5) is 5.88 Å². The van der Waals surface area contributed by atoms with Crippen LogP contribution in [0.2, 0.25) is 0 Å². The van der Waals surface area contributed by atoms with Crippen molar-refractivity contribution in [3.63, 3.8) is 0 Å². The fourth-order valence-corrected chi connectivity index (χ4v) is 2.13. The Kier molecular flexibility index (Phi) is 4.82. The number of nitrogens with two attached hydrogens (primary N) is 1. The summed E-state index contributed by atoms with van der Waals surface area (Å²) < 4.78 is 9.73. The van der Waals surface area contributed by atoms with Crippen LogP contribution >= 0.6 is 0 Å². The van der Waals surface area contributed by atoms with Gasteiger partial charge in [-0.2, -0.15) is 0 Å². The number of carbonyl (C=O) groups excluding carboxylic acids is 2. The first-order chi connectivity index (χ1) is 10.0. The molecule has 0 unspecified atom stereocenters. The van der Waals surface area contributed by atoms with Gasteiger partial charge in [-0.25, -0.2) is 4.79 Å². The Bertz CT molecular complexity index is 503. The summed E-state index contributed by atoms with van der Waals surface area (Å²) in [6.07, 6.45) is 3.22. The monoisotopic (exact) mass is 295 g/mol. The first-order valence-corrected chi connectivity index (χ1v) is 7.19. The highest BCUT2D eigenvalue weighted by molar-refractivity contribution is 5.96. The molecule has 1 saturated carbocycles. The van der Waals surface area contributed by atoms with Gasteiger partial charge in [0.05, 0.1) is 5.69 Å². The van der Waals surface area contributed by atoms with E-state index in [0.717, 1.165) is 13.0 Å². The number of ether oxygens (including phenoxy) is 1. The fraction of sp³-hybridized carbons (Fsp3) is 0.643. The highest BCUT2D eigenvalue weighted by Gasteiger charge is 2.27. The van der Waals surface area contributed by atoms with Crippen LogP contribution < -0.4 is 5.73 Å². The summed E-state index contributed by atoms with van der Waals surface area (Å²) in [5, 5.41) is 3.58. The van der Waals surface area contributed by atoms with Gasteiger partial charge < -0.3 is 19.9 Å². The van der Waals surface area contributed by atoms with E-state index in [9.17, 15) is 9.59 Å². The topological polar surface area (TPSA) is 98.7 Å². The van der Waals surface area contributed by atoms with Crippen LogP contribution in [0.5, 0.6) is 0 Å². The van der Waals surface area contributed by atoms with Crippen molar-refractivity contribution in [3.8, 4) is 0 Å². The molecule has 0 bridgehead atoms. The molecule has 0 aromatic carbocycles. The van der Waals surface area contributed by atoms with E-state index >= 15 is 0 Å². The molecule has 0 atom stereocenters.